The first-order valence-corrected chi connectivity index (χ1v) is 5.58. The maximum atomic E-state index is 11.4. The summed E-state index contributed by atoms with van der Waals surface area (Å²) in [6.07, 6.45) is 0. The zero-order valence-corrected chi connectivity index (χ0v) is 9.24. The predicted molar refractivity (Wildman–Crippen MR) is 57.4 cm³/mol. The lowest BCUT2D eigenvalue weighted by Gasteiger charge is -2.06. The Morgan fingerprint density at radius 1 is 1.50 bits per heavy atom. The molecule has 1 rings (SSSR count). The minimum atomic E-state index is -4.11. The zero-order valence-electron chi connectivity index (χ0n) is 8.43. The molecule has 1 radical (unpaired) electrons. The fourth-order valence-electron chi connectivity index (χ4n) is 1.09. The van der Waals surface area contributed by atoms with Crippen LogP contribution in [0.3, 0.4) is 0 Å². The number of amides is 1. The van der Waals surface area contributed by atoms with E-state index >= 15 is 0 Å². The highest BCUT2D eigenvalue weighted by molar-refractivity contribution is 7.93. The maximum Gasteiger partial charge on any atom is 0.449 e. The molecule has 1 aromatic carbocycles. The Balaban J connectivity index is 3.28. The number of carbonyl (C=O) groups excluding carboxylic acids is 1. The van der Waals surface area contributed by atoms with Gasteiger partial charge in [0.15, 0.2) is 0 Å². The third-order valence-corrected chi connectivity index (χ3v) is 2.84. The molecule has 1 amide bonds. The fraction of sp³-hybridized carbons (Fsp3) is 0.125. The molecule has 1 unspecified atom stereocenters. The molecular formula is C8H11N3O4S+. The first kappa shape index (κ1) is 12.6. The van der Waals surface area contributed by atoms with Crippen LogP contribution in [0.2, 0.25) is 0 Å². The Hall–Kier alpha value is -1.48. The van der Waals surface area contributed by atoms with Crippen molar-refractivity contribution in [3.05, 3.63) is 18.2 Å². The number of benzene rings is 1. The van der Waals surface area contributed by atoms with Crippen molar-refractivity contribution in [2.75, 3.05) is 11.1 Å². The van der Waals surface area contributed by atoms with Gasteiger partial charge in [0.2, 0.25) is 5.91 Å². The average Bonchev–Trinajstić information content (AvgIpc) is 2.20. The van der Waals surface area contributed by atoms with Crippen LogP contribution >= 0.6 is 0 Å². The Morgan fingerprint density at radius 2 is 2.12 bits per heavy atom. The minimum Gasteiger partial charge on any atom is -0.399 e. The monoisotopic (exact) mass is 245 g/mol. The summed E-state index contributed by atoms with van der Waals surface area (Å²) in [4.78, 5) is 10.6. The summed E-state index contributed by atoms with van der Waals surface area (Å²) in [5, 5.41) is 2.33. The molecule has 1 aromatic rings. The van der Waals surface area contributed by atoms with E-state index in [0.29, 0.717) is 0 Å². The molecule has 0 heterocycles. The molecule has 7 nitrogen and oxygen atoms in total. The van der Waals surface area contributed by atoms with E-state index < -0.39 is 16.4 Å². The van der Waals surface area contributed by atoms with E-state index in [0.717, 1.165) is 6.07 Å². The smallest absolute Gasteiger partial charge is 0.399 e. The SMILES string of the molecule is CC(=O)Nc1ccc(N)cc1[S+]([O])(=O)ON. The summed E-state index contributed by atoms with van der Waals surface area (Å²) in [6, 6.07) is 3.94. The van der Waals surface area contributed by atoms with Crippen LogP contribution in [0.25, 0.3) is 0 Å². The van der Waals surface area contributed by atoms with Gasteiger partial charge in [-0.25, -0.2) is 0 Å². The number of hydrogen-bond donors (Lipinski definition) is 3. The number of carbonyl (C=O) groups is 1. The van der Waals surface area contributed by atoms with Gasteiger partial charge in [0.1, 0.15) is 5.69 Å². The van der Waals surface area contributed by atoms with Crippen LogP contribution in [0.4, 0.5) is 11.4 Å². The van der Waals surface area contributed by atoms with Gasteiger partial charge in [-0.05, 0) is 20.6 Å². The normalized spacial score (nSPS) is 14.2. The molecule has 0 fully saturated rings. The first-order valence-electron chi connectivity index (χ1n) is 4.17. The lowest BCUT2D eigenvalue weighted by atomic mass is 10.3. The largest absolute Gasteiger partial charge is 0.449 e. The summed E-state index contributed by atoms with van der Waals surface area (Å²) in [7, 11) is -4.11. The van der Waals surface area contributed by atoms with Crippen LogP contribution in [-0.2, 0) is 28.3 Å². The number of rotatable bonds is 3. The van der Waals surface area contributed by atoms with Gasteiger partial charge in [-0.1, -0.05) is 0 Å². The molecule has 0 saturated heterocycles. The standard InChI is InChI=1S/C8H11N3O4S/c1-5(12)11-7-3-2-6(9)4-8(7)16(13,14)15-10/h2-4H,9-10H2,1H3,(H,11,12)/q+1. The van der Waals surface area contributed by atoms with Crippen molar-refractivity contribution in [3.8, 4) is 0 Å². The van der Waals surface area contributed by atoms with Crippen LogP contribution in [0.5, 0.6) is 0 Å². The second kappa shape index (κ2) is 4.58. The predicted octanol–water partition coefficient (Wildman–Crippen LogP) is 0.236. The Kier molecular flexibility index (Phi) is 3.60. The van der Waals surface area contributed by atoms with Crippen LogP contribution < -0.4 is 16.9 Å². The van der Waals surface area contributed by atoms with Gasteiger partial charge in [-0.2, -0.15) is 5.90 Å². The first-order chi connectivity index (χ1) is 7.36. The van der Waals surface area contributed by atoms with E-state index in [-0.39, 0.29) is 16.3 Å². The van der Waals surface area contributed by atoms with E-state index in [1.54, 1.807) is 0 Å². The molecule has 16 heavy (non-hydrogen) atoms. The van der Waals surface area contributed by atoms with Gasteiger partial charge in [0.05, 0.1) is 4.55 Å². The Morgan fingerprint density at radius 3 is 2.62 bits per heavy atom. The lowest BCUT2D eigenvalue weighted by Crippen LogP contribution is -2.20. The number of nitrogen functional groups attached to an aromatic ring is 1. The Bertz CT molecular complexity index is 463. The highest BCUT2D eigenvalue weighted by Gasteiger charge is 2.38. The number of hydrogen-bond acceptors (Lipinski definition) is 5. The van der Waals surface area contributed by atoms with Crippen LogP contribution in [0, 0.1) is 0 Å². The quantitative estimate of drug-likeness (QED) is 0.399. The molecule has 0 spiro atoms. The molecule has 0 aromatic heterocycles. The van der Waals surface area contributed by atoms with E-state index in [2.05, 4.69) is 15.5 Å². The molecule has 0 aliphatic rings. The maximum absolute atomic E-state index is 11.4. The van der Waals surface area contributed by atoms with Crippen molar-refractivity contribution in [3.63, 3.8) is 0 Å². The van der Waals surface area contributed by atoms with Gasteiger partial charge < -0.3 is 11.1 Å². The second-order valence-electron chi connectivity index (χ2n) is 2.99. The third kappa shape index (κ3) is 2.76. The summed E-state index contributed by atoms with van der Waals surface area (Å²) >= 11 is 0. The lowest BCUT2D eigenvalue weighted by molar-refractivity contribution is -0.114. The summed E-state index contributed by atoms with van der Waals surface area (Å²) in [6.45, 7) is 1.25. The molecule has 1 atom stereocenters. The summed E-state index contributed by atoms with van der Waals surface area (Å²) in [5.74, 6) is 4.23. The molecule has 8 heteroatoms. The van der Waals surface area contributed by atoms with Crippen molar-refractivity contribution in [1.29, 1.82) is 0 Å². The van der Waals surface area contributed by atoms with E-state index in [1.165, 1.54) is 19.1 Å². The van der Waals surface area contributed by atoms with Crippen LogP contribution in [0.1, 0.15) is 6.92 Å². The summed E-state index contributed by atoms with van der Waals surface area (Å²) in [5.41, 5.74) is 5.71. The zero-order chi connectivity index (χ0) is 12.3. The molecular weight excluding hydrogens is 234 g/mol. The number of nitrogens with two attached hydrogens (primary N) is 2. The second-order valence-corrected chi connectivity index (χ2v) is 4.53. The van der Waals surface area contributed by atoms with Crippen molar-refractivity contribution in [2.24, 2.45) is 5.90 Å². The topological polar surface area (TPSA) is 127 Å². The Labute approximate surface area is 93.2 Å². The molecule has 0 aliphatic heterocycles. The minimum absolute atomic E-state index is 0.0622. The van der Waals surface area contributed by atoms with Gasteiger partial charge in [0.25, 0.3) is 4.90 Å². The molecule has 87 valence electrons. The van der Waals surface area contributed by atoms with E-state index in [9.17, 15) is 13.6 Å². The van der Waals surface area contributed by atoms with E-state index in [1.807, 2.05) is 0 Å². The van der Waals surface area contributed by atoms with Gasteiger partial charge in [-0.15, -0.1) is 0 Å². The van der Waals surface area contributed by atoms with Crippen molar-refractivity contribution < 1.29 is 17.8 Å². The third-order valence-electron chi connectivity index (χ3n) is 1.71. The summed E-state index contributed by atoms with van der Waals surface area (Å²) < 4.78 is 26.7. The van der Waals surface area contributed by atoms with Crippen molar-refractivity contribution >= 4 is 27.8 Å². The van der Waals surface area contributed by atoms with Crippen molar-refractivity contribution in [1.82, 2.24) is 0 Å². The molecule has 0 aliphatic carbocycles. The highest BCUT2D eigenvalue weighted by atomic mass is 32.3. The van der Waals surface area contributed by atoms with Crippen LogP contribution in [-0.4, -0.2) is 5.91 Å². The van der Waals surface area contributed by atoms with Gasteiger partial charge in [-0.3, -0.25) is 4.79 Å². The highest BCUT2D eigenvalue weighted by Crippen LogP contribution is 2.28. The number of nitrogens with one attached hydrogen (secondary N) is 1. The van der Waals surface area contributed by atoms with Crippen LogP contribution in [0.15, 0.2) is 23.1 Å². The van der Waals surface area contributed by atoms with E-state index in [4.69, 9.17) is 5.73 Å². The number of anilines is 2. The van der Waals surface area contributed by atoms with Crippen molar-refractivity contribution in [2.45, 2.75) is 11.8 Å². The average molecular weight is 245 g/mol. The molecule has 5 N–H and O–H groups in total. The fourth-order valence-corrected chi connectivity index (χ4v) is 1.86. The molecule has 0 saturated carbocycles. The molecule has 0 bridgehead atoms. The van der Waals surface area contributed by atoms with Gasteiger partial charge in [0, 0.05) is 18.7 Å². The van der Waals surface area contributed by atoms with Gasteiger partial charge >= 0.3 is 10.5 Å².